The third kappa shape index (κ3) is 6.46. The highest BCUT2D eigenvalue weighted by Gasteiger charge is 2.19. The van der Waals surface area contributed by atoms with E-state index in [1.807, 2.05) is 0 Å². The van der Waals surface area contributed by atoms with Crippen molar-refractivity contribution in [1.29, 1.82) is 0 Å². The van der Waals surface area contributed by atoms with Gasteiger partial charge in [-0.1, -0.05) is 33.1 Å². The van der Waals surface area contributed by atoms with Gasteiger partial charge in [0, 0.05) is 11.0 Å². The van der Waals surface area contributed by atoms with Crippen LogP contribution < -0.4 is 10.0 Å². The fraction of sp³-hybridized carbons (Fsp3) is 0.450. The number of hydrogen-bond acceptors (Lipinski definition) is 4. The molecule has 1 heterocycles. The summed E-state index contributed by atoms with van der Waals surface area (Å²) in [5, 5.41) is 2.93. The van der Waals surface area contributed by atoms with E-state index in [2.05, 4.69) is 39.8 Å². The highest BCUT2D eigenvalue weighted by Crippen LogP contribution is 2.22. The van der Waals surface area contributed by atoms with Crippen LogP contribution >= 0.6 is 15.9 Å². The van der Waals surface area contributed by atoms with Crippen LogP contribution in [0.4, 0.5) is 0 Å². The zero-order valence-corrected chi connectivity index (χ0v) is 18.6. The Kier molecular flexibility index (Phi) is 8.72. The zero-order chi connectivity index (χ0) is 20.6. The summed E-state index contributed by atoms with van der Waals surface area (Å²) in [6.45, 7) is 4.88. The van der Waals surface area contributed by atoms with Crippen LogP contribution in [0, 0.1) is 5.92 Å². The van der Waals surface area contributed by atoms with Crippen molar-refractivity contribution >= 4 is 31.9 Å². The minimum Gasteiger partial charge on any atom is -0.468 e. The molecule has 0 bridgehead atoms. The van der Waals surface area contributed by atoms with Gasteiger partial charge in [-0.25, -0.2) is 13.1 Å². The normalized spacial score (nSPS) is 12.7. The summed E-state index contributed by atoms with van der Waals surface area (Å²) in [6.07, 6.45) is 5.80. The van der Waals surface area contributed by atoms with Gasteiger partial charge in [0.15, 0.2) is 0 Å². The van der Waals surface area contributed by atoms with E-state index in [1.165, 1.54) is 18.4 Å². The summed E-state index contributed by atoms with van der Waals surface area (Å²) in [7, 11) is -3.77. The van der Waals surface area contributed by atoms with Gasteiger partial charge in [0.25, 0.3) is 5.91 Å². The summed E-state index contributed by atoms with van der Waals surface area (Å²) >= 11 is 3.34. The molecule has 0 spiro atoms. The first-order valence-corrected chi connectivity index (χ1v) is 11.7. The van der Waals surface area contributed by atoms with E-state index in [0.29, 0.717) is 28.3 Å². The fourth-order valence-electron chi connectivity index (χ4n) is 2.78. The lowest BCUT2D eigenvalue weighted by Crippen LogP contribution is -2.30. The second-order valence-corrected chi connectivity index (χ2v) is 9.29. The zero-order valence-electron chi connectivity index (χ0n) is 16.2. The third-order valence-corrected chi connectivity index (χ3v) is 6.69. The summed E-state index contributed by atoms with van der Waals surface area (Å²) in [6, 6.07) is 7.80. The van der Waals surface area contributed by atoms with Crippen LogP contribution in [0.5, 0.6) is 0 Å². The number of furan rings is 1. The van der Waals surface area contributed by atoms with Crippen molar-refractivity contribution in [2.45, 2.75) is 51.0 Å². The second-order valence-electron chi connectivity index (χ2n) is 6.67. The van der Waals surface area contributed by atoms with Gasteiger partial charge in [-0.15, -0.1) is 0 Å². The first-order chi connectivity index (χ1) is 13.4. The highest BCUT2D eigenvalue weighted by molar-refractivity contribution is 9.10. The molecule has 8 heteroatoms. The molecule has 2 aromatic rings. The van der Waals surface area contributed by atoms with E-state index < -0.39 is 10.0 Å². The lowest BCUT2D eigenvalue weighted by Gasteiger charge is -2.16. The lowest BCUT2D eigenvalue weighted by molar-refractivity contribution is 0.0945. The van der Waals surface area contributed by atoms with Crippen LogP contribution in [0.3, 0.4) is 0 Å². The predicted octanol–water partition coefficient (Wildman–Crippen LogP) is 4.47. The number of halogens is 1. The molecule has 1 aromatic carbocycles. The molecule has 154 valence electrons. The Hall–Kier alpha value is -1.64. The van der Waals surface area contributed by atoms with Crippen molar-refractivity contribution in [1.82, 2.24) is 10.0 Å². The van der Waals surface area contributed by atoms with Gasteiger partial charge in [0.2, 0.25) is 10.0 Å². The topological polar surface area (TPSA) is 88.4 Å². The summed E-state index contributed by atoms with van der Waals surface area (Å²) in [5.74, 6) is 0.644. The molecule has 2 N–H and O–H groups in total. The van der Waals surface area contributed by atoms with Crippen molar-refractivity contribution in [3.8, 4) is 0 Å². The molecule has 28 heavy (non-hydrogen) atoms. The Morgan fingerprint density at radius 2 is 2.04 bits per heavy atom. The van der Waals surface area contributed by atoms with Gasteiger partial charge in [-0.3, -0.25) is 4.79 Å². The van der Waals surface area contributed by atoms with E-state index in [9.17, 15) is 13.2 Å². The number of rotatable bonds is 11. The first kappa shape index (κ1) is 22.6. The smallest absolute Gasteiger partial charge is 0.252 e. The van der Waals surface area contributed by atoms with E-state index >= 15 is 0 Å². The third-order valence-electron chi connectivity index (χ3n) is 4.60. The maximum Gasteiger partial charge on any atom is 0.252 e. The monoisotopic (exact) mass is 470 g/mol. The first-order valence-electron chi connectivity index (χ1n) is 9.47. The quantitative estimate of drug-likeness (QED) is 0.506. The van der Waals surface area contributed by atoms with Gasteiger partial charge >= 0.3 is 0 Å². The fourth-order valence-corrected chi connectivity index (χ4v) is 4.23. The average Bonchev–Trinajstić information content (AvgIpc) is 3.20. The van der Waals surface area contributed by atoms with Crippen molar-refractivity contribution in [3.63, 3.8) is 0 Å². The number of carbonyl (C=O) groups excluding carboxylic acids is 1. The van der Waals surface area contributed by atoms with Gasteiger partial charge < -0.3 is 9.73 Å². The van der Waals surface area contributed by atoms with E-state index in [-0.39, 0.29) is 17.3 Å². The Balaban J connectivity index is 2.07. The largest absolute Gasteiger partial charge is 0.468 e. The standard InChI is InChI=1S/C20H27BrN2O4S/c1-3-5-7-15(4-2)13-22-20(24)18-12-17(9-10-19(18)21)28(25,26)23-14-16-8-6-11-27-16/h6,8-12,15,23H,3-5,7,13-14H2,1-2H3,(H,22,24). The minimum atomic E-state index is -3.77. The molecule has 0 aliphatic rings. The van der Waals surface area contributed by atoms with Crippen LogP contribution in [0.25, 0.3) is 0 Å². The molecule has 0 aliphatic carbocycles. The van der Waals surface area contributed by atoms with Crippen LogP contribution in [0.15, 0.2) is 50.4 Å². The van der Waals surface area contributed by atoms with Gasteiger partial charge in [-0.05, 0) is 58.6 Å². The maximum absolute atomic E-state index is 12.6. The summed E-state index contributed by atoms with van der Waals surface area (Å²) in [4.78, 5) is 12.6. The lowest BCUT2D eigenvalue weighted by atomic mass is 9.99. The molecule has 0 saturated heterocycles. The number of unbranched alkanes of at least 4 members (excludes halogenated alkanes) is 1. The molecule has 0 fully saturated rings. The molecule has 1 aromatic heterocycles. The predicted molar refractivity (Wildman–Crippen MR) is 113 cm³/mol. The van der Waals surface area contributed by atoms with Crippen molar-refractivity contribution < 1.29 is 17.6 Å². The second kappa shape index (κ2) is 10.8. The summed E-state index contributed by atoms with van der Waals surface area (Å²) in [5.41, 5.74) is 0.297. The minimum absolute atomic E-state index is 0.0328. The molecule has 1 atom stereocenters. The van der Waals surface area contributed by atoms with Crippen LogP contribution in [0.2, 0.25) is 0 Å². The molecular weight excluding hydrogens is 444 g/mol. The molecule has 0 radical (unpaired) electrons. The number of benzene rings is 1. The van der Waals surface area contributed by atoms with Crippen molar-refractivity contribution in [2.75, 3.05) is 6.54 Å². The van der Waals surface area contributed by atoms with E-state index in [4.69, 9.17) is 4.42 Å². The number of hydrogen-bond donors (Lipinski definition) is 2. The van der Waals surface area contributed by atoms with Gasteiger partial charge in [-0.2, -0.15) is 0 Å². The SMILES string of the molecule is CCCCC(CC)CNC(=O)c1cc(S(=O)(=O)NCc2ccco2)ccc1Br. The van der Waals surface area contributed by atoms with E-state index in [0.717, 1.165) is 25.7 Å². The highest BCUT2D eigenvalue weighted by atomic mass is 79.9. The van der Waals surface area contributed by atoms with Crippen LogP contribution in [-0.2, 0) is 16.6 Å². The average molecular weight is 471 g/mol. The van der Waals surface area contributed by atoms with Crippen LogP contribution in [-0.4, -0.2) is 20.9 Å². The maximum atomic E-state index is 12.6. The number of amides is 1. The summed E-state index contributed by atoms with van der Waals surface area (Å²) < 4.78 is 33.3. The molecule has 2 rings (SSSR count). The van der Waals surface area contributed by atoms with Crippen LogP contribution in [0.1, 0.15) is 55.6 Å². The number of carbonyl (C=O) groups is 1. The Morgan fingerprint density at radius 1 is 1.25 bits per heavy atom. The van der Waals surface area contributed by atoms with Gasteiger partial charge in [0.05, 0.1) is 23.3 Å². The molecule has 0 saturated carbocycles. The number of nitrogens with one attached hydrogen (secondary N) is 2. The molecular formula is C20H27BrN2O4S. The molecule has 1 unspecified atom stereocenters. The molecule has 0 aliphatic heterocycles. The molecule has 6 nitrogen and oxygen atoms in total. The number of sulfonamides is 1. The Bertz CT molecular complexity index is 866. The molecule has 1 amide bonds. The Morgan fingerprint density at radius 3 is 2.68 bits per heavy atom. The Labute approximate surface area is 175 Å². The van der Waals surface area contributed by atoms with Crippen molar-refractivity contribution in [2.24, 2.45) is 5.92 Å². The van der Waals surface area contributed by atoms with Crippen molar-refractivity contribution in [3.05, 3.63) is 52.4 Å². The van der Waals surface area contributed by atoms with Gasteiger partial charge in [0.1, 0.15) is 5.76 Å². The van der Waals surface area contributed by atoms with E-state index in [1.54, 1.807) is 18.2 Å².